The maximum atomic E-state index is 4.50. The molecule has 1 aliphatic carbocycles. The van der Waals surface area contributed by atoms with E-state index in [1.165, 1.54) is 36.1 Å². The topological polar surface area (TPSA) is 24.9 Å². The van der Waals surface area contributed by atoms with Crippen molar-refractivity contribution in [3.05, 3.63) is 58.9 Å². The van der Waals surface area contributed by atoms with Gasteiger partial charge in [0, 0.05) is 11.4 Å². The molecule has 1 aliphatic rings. The molecular weight excluding hydrogens is 220 g/mol. The van der Waals surface area contributed by atoms with Crippen LogP contribution in [0.2, 0.25) is 0 Å². The van der Waals surface area contributed by atoms with E-state index in [0.29, 0.717) is 0 Å². The lowest BCUT2D eigenvalue weighted by atomic mass is 10.1. The van der Waals surface area contributed by atoms with Crippen LogP contribution in [0.25, 0.3) is 0 Å². The van der Waals surface area contributed by atoms with Crippen LogP contribution in [-0.4, -0.2) is 4.98 Å². The standard InChI is InChI=1S/C16H18N2/c1-12-4-2-7-16(18-12)11-17-15-9-8-13-5-3-6-14(13)10-15/h2,4,7-10,17H,3,5-6,11H2,1H3. The molecule has 0 spiro atoms. The van der Waals surface area contributed by atoms with E-state index >= 15 is 0 Å². The van der Waals surface area contributed by atoms with Gasteiger partial charge in [-0.1, -0.05) is 12.1 Å². The van der Waals surface area contributed by atoms with Crippen molar-refractivity contribution in [2.45, 2.75) is 32.7 Å². The number of aryl methyl sites for hydroxylation is 3. The minimum atomic E-state index is 0.792. The van der Waals surface area contributed by atoms with Crippen LogP contribution in [0.5, 0.6) is 0 Å². The number of anilines is 1. The normalized spacial score (nSPS) is 13.4. The van der Waals surface area contributed by atoms with Gasteiger partial charge in [-0.05, 0) is 61.6 Å². The second kappa shape index (κ2) is 4.81. The fourth-order valence-electron chi connectivity index (χ4n) is 2.57. The van der Waals surface area contributed by atoms with Gasteiger partial charge < -0.3 is 5.32 Å². The van der Waals surface area contributed by atoms with Gasteiger partial charge in [-0.2, -0.15) is 0 Å². The Morgan fingerprint density at radius 2 is 2.00 bits per heavy atom. The van der Waals surface area contributed by atoms with E-state index in [1.54, 1.807) is 0 Å². The molecule has 1 aromatic carbocycles. The molecule has 18 heavy (non-hydrogen) atoms. The summed E-state index contributed by atoms with van der Waals surface area (Å²) in [7, 11) is 0. The molecule has 1 aromatic heterocycles. The molecule has 0 atom stereocenters. The fourth-order valence-corrected chi connectivity index (χ4v) is 2.57. The molecule has 1 N–H and O–H groups in total. The number of aromatic nitrogens is 1. The summed E-state index contributed by atoms with van der Waals surface area (Å²) in [6, 6.07) is 12.9. The van der Waals surface area contributed by atoms with Gasteiger partial charge in [0.25, 0.3) is 0 Å². The average Bonchev–Trinajstić information content (AvgIpc) is 2.84. The molecule has 2 nitrogen and oxygen atoms in total. The zero-order valence-electron chi connectivity index (χ0n) is 10.7. The minimum absolute atomic E-state index is 0.792. The molecule has 92 valence electrons. The van der Waals surface area contributed by atoms with Crippen LogP contribution in [0.1, 0.15) is 28.9 Å². The van der Waals surface area contributed by atoms with Crippen LogP contribution < -0.4 is 5.32 Å². The largest absolute Gasteiger partial charge is 0.379 e. The van der Waals surface area contributed by atoms with Gasteiger partial charge in [0.05, 0.1) is 12.2 Å². The highest BCUT2D eigenvalue weighted by Gasteiger charge is 2.10. The summed E-state index contributed by atoms with van der Waals surface area (Å²) < 4.78 is 0. The van der Waals surface area contributed by atoms with Gasteiger partial charge in [0.2, 0.25) is 0 Å². The highest BCUT2D eigenvalue weighted by atomic mass is 14.9. The Morgan fingerprint density at radius 3 is 2.89 bits per heavy atom. The van der Waals surface area contributed by atoms with Gasteiger partial charge in [0.15, 0.2) is 0 Å². The summed E-state index contributed by atoms with van der Waals surface area (Å²) in [6.07, 6.45) is 3.78. The number of benzene rings is 1. The van der Waals surface area contributed by atoms with Crippen LogP contribution in [-0.2, 0) is 19.4 Å². The molecule has 0 bridgehead atoms. The summed E-state index contributed by atoms with van der Waals surface area (Å²) in [5, 5.41) is 3.46. The monoisotopic (exact) mass is 238 g/mol. The van der Waals surface area contributed by atoms with Crippen LogP contribution in [0.3, 0.4) is 0 Å². The SMILES string of the molecule is Cc1cccc(CNc2ccc3c(c2)CCC3)n1. The van der Waals surface area contributed by atoms with Crippen molar-refractivity contribution in [1.29, 1.82) is 0 Å². The Balaban J connectivity index is 1.70. The zero-order chi connectivity index (χ0) is 12.4. The van der Waals surface area contributed by atoms with E-state index in [9.17, 15) is 0 Å². The van der Waals surface area contributed by atoms with Gasteiger partial charge in [-0.15, -0.1) is 0 Å². The number of hydrogen-bond acceptors (Lipinski definition) is 2. The van der Waals surface area contributed by atoms with E-state index in [2.05, 4.69) is 40.6 Å². The van der Waals surface area contributed by atoms with Gasteiger partial charge >= 0.3 is 0 Å². The summed E-state index contributed by atoms with van der Waals surface area (Å²) in [6.45, 7) is 2.82. The summed E-state index contributed by atoms with van der Waals surface area (Å²) in [5.74, 6) is 0. The first-order chi connectivity index (χ1) is 8.81. The second-order valence-electron chi connectivity index (χ2n) is 4.96. The summed E-state index contributed by atoms with van der Waals surface area (Å²) in [4.78, 5) is 4.50. The van der Waals surface area contributed by atoms with Crippen LogP contribution >= 0.6 is 0 Å². The number of rotatable bonds is 3. The molecular formula is C16H18N2. The third-order valence-corrected chi connectivity index (χ3v) is 3.52. The molecule has 2 aromatic rings. The first-order valence-corrected chi connectivity index (χ1v) is 6.59. The Hall–Kier alpha value is -1.83. The van der Waals surface area contributed by atoms with Crippen LogP contribution in [0, 0.1) is 6.92 Å². The molecule has 0 aliphatic heterocycles. The zero-order valence-corrected chi connectivity index (χ0v) is 10.7. The number of pyridine rings is 1. The molecule has 2 heteroatoms. The first-order valence-electron chi connectivity index (χ1n) is 6.59. The second-order valence-corrected chi connectivity index (χ2v) is 4.96. The highest BCUT2D eigenvalue weighted by Crippen LogP contribution is 2.25. The van der Waals surface area contributed by atoms with E-state index in [-0.39, 0.29) is 0 Å². The lowest BCUT2D eigenvalue weighted by Gasteiger charge is -2.08. The third kappa shape index (κ3) is 2.37. The Bertz CT molecular complexity index is 561. The minimum Gasteiger partial charge on any atom is -0.379 e. The number of fused-ring (bicyclic) bond motifs is 1. The Kier molecular flexibility index (Phi) is 3.01. The van der Waals surface area contributed by atoms with Crippen molar-refractivity contribution in [3.8, 4) is 0 Å². The predicted octanol–water partition coefficient (Wildman–Crippen LogP) is 3.49. The third-order valence-electron chi connectivity index (χ3n) is 3.52. The molecule has 0 saturated heterocycles. The van der Waals surface area contributed by atoms with Gasteiger partial charge in [-0.25, -0.2) is 0 Å². The molecule has 0 saturated carbocycles. The van der Waals surface area contributed by atoms with Crippen molar-refractivity contribution in [2.24, 2.45) is 0 Å². The van der Waals surface area contributed by atoms with E-state index in [0.717, 1.165) is 17.9 Å². The van der Waals surface area contributed by atoms with Crippen molar-refractivity contribution in [3.63, 3.8) is 0 Å². The van der Waals surface area contributed by atoms with Gasteiger partial charge in [-0.3, -0.25) is 4.98 Å². The quantitative estimate of drug-likeness (QED) is 0.885. The highest BCUT2D eigenvalue weighted by molar-refractivity contribution is 5.50. The van der Waals surface area contributed by atoms with Crippen molar-refractivity contribution in [2.75, 3.05) is 5.32 Å². The fraction of sp³-hybridized carbons (Fsp3) is 0.312. The molecule has 0 unspecified atom stereocenters. The first kappa shape index (κ1) is 11.3. The lowest BCUT2D eigenvalue weighted by molar-refractivity contribution is 0.911. The average molecular weight is 238 g/mol. The Morgan fingerprint density at radius 1 is 1.11 bits per heavy atom. The smallest absolute Gasteiger partial charge is 0.0597 e. The van der Waals surface area contributed by atoms with Crippen molar-refractivity contribution >= 4 is 5.69 Å². The summed E-state index contributed by atoms with van der Waals surface area (Å²) >= 11 is 0. The summed E-state index contributed by atoms with van der Waals surface area (Å²) in [5.41, 5.74) is 6.41. The number of hydrogen-bond donors (Lipinski definition) is 1. The maximum Gasteiger partial charge on any atom is 0.0597 e. The number of nitrogens with zero attached hydrogens (tertiary/aromatic N) is 1. The van der Waals surface area contributed by atoms with Gasteiger partial charge in [0.1, 0.15) is 0 Å². The molecule has 0 radical (unpaired) electrons. The Labute approximate surface area is 108 Å². The van der Waals surface area contributed by atoms with Crippen LogP contribution in [0.15, 0.2) is 36.4 Å². The van der Waals surface area contributed by atoms with Crippen LogP contribution in [0.4, 0.5) is 5.69 Å². The molecule has 0 fully saturated rings. The van der Waals surface area contributed by atoms with Crippen molar-refractivity contribution < 1.29 is 0 Å². The van der Waals surface area contributed by atoms with E-state index < -0.39 is 0 Å². The maximum absolute atomic E-state index is 4.50. The number of nitrogens with one attached hydrogen (secondary N) is 1. The van der Waals surface area contributed by atoms with E-state index in [4.69, 9.17) is 0 Å². The van der Waals surface area contributed by atoms with Crippen molar-refractivity contribution in [1.82, 2.24) is 4.98 Å². The molecule has 3 rings (SSSR count). The predicted molar refractivity (Wildman–Crippen MR) is 74.8 cm³/mol. The molecule has 0 amide bonds. The lowest BCUT2D eigenvalue weighted by Crippen LogP contribution is -2.02. The molecule has 1 heterocycles. The van der Waals surface area contributed by atoms with E-state index in [1.807, 2.05) is 13.0 Å².